The van der Waals surface area contributed by atoms with Crippen LogP contribution in [0.2, 0.25) is 0 Å². The quantitative estimate of drug-likeness (QED) is 0.794. The fourth-order valence-electron chi connectivity index (χ4n) is 3.22. The second kappa shape index (κ2) is 8.16. The molecule has 2 aromatic rings. The fourth-order valence-corrected chi connectivity index (χ4v) is 3.93. The zero-order valence-electron chi connectivity index (χ0n) is 13.4. The summed E-state index contributed by atoms with van der Waals surface area (Å²) in [6.45, 7) is 0.756. The summed E-state index contributed by atoms with van der Waals surface area (Å²) in [6, 6.07) is 6.31. The van der Waals surface area contributed by atoms with Crippen LogP contribution in [0.5, 0.6) is 0 Å². The predicted octanol–water partition coefficient (Wildman–Crippen LogP) is 4.78. The van der Waals surface area contributed by atoms with Crippen molar-refractivity contribution in [1.29, 1.82) is 5.26 Å². The Hall–Kier alpha value is -1.80. The summed E-state index contributed by atoms with van der Waals surface area (Å²) < 4.78 is 5.77. The van der Waals surface area contributed by atoms with Crippen LogP contribution in [-0.4, -0.2) is 11.5 Å². The molecular formula is C18H23N3OS. The smallest absolute Gasteiger partial charge is 0.232 e. The molecular weight excluding hydrogens is 306 g/mol. The van der Waals surface area contributed by atoms with Crippen molar-refractivity contribution >= 4 is 17.2 Å². The lowest BCUT2D eigenvalue weighted by atomic mass is 9.86. The number of nitrogens with zero attached hydrogens (tertiary/aromatic N) is 2. The summed E-state index contributed by atoms with van der Waals surface area (Å²) in [5, 5.41) is 14.5. The fraction of sp³-hybridized carbons (Fsp3) is 0.556. The molecule has 0 radical (unpaired) electrons. The molecule has 0 atom stereocenters. The van der Waals surface area contributed by atoms with Crippen LogP contribution in [0, 0.1) is 17.2 Å². The lowest BCUT2D eigenvalue weighted by Gasteiger charge is -2.20. The summed E-state index contributed by atoms with van der Waals surface area (Å²) in [5.41, 5.74) is 0.384. The number of aromatic nitrogens is 1. The molecule has 4 nitrogen and oxygen atoms in total. The number of anilines is 1. The zero-order valence-corrected chi connectivity index (χ0v) is 14.2. The molecule has 0 aromatic carbocycles. The van der Waals surface area contributed by atoms with Crippen LogP contribution in [0.15, 0.2) is 21.9 Å². The molecule has 1 N–H and O–H groups in total. The minimum atomic E-state index is 0.384. The van der Waals surface area contributed by atoms with Gasteiger partial charge in [0.05, 0.1) is 0 Å². The van der Waals surface area contributed by atoms with E-state index in [-0.39, 0.29) is 0 Å². The molecule has 0 saturated heterocycles. The van der Waals surface area contributed by atoms with Crippen LogP contribution in [0.25, 0.3) is 0 Å². The highest BCUT2D eigenvalue weighted by Gasteiger charge is 2.17. The summed E-state index contributed by atoms with van der Waals surface area (Å²) in [6.07, 6.45) is 9.65. The maximum Gasteiger partial charge on any atom is 0.232 e. The van der Waals surface area contributed by atoms with E-state index in [1.807, 2.05) is 0 Å². The van der Waals surface area contributed by atoms with Gasteiger partial charge in [0.2, 0.25) is 11.6 Å². The van der Waals surface area contributed by atoms with Crippen LogP contribution >= 0.6 is 11.3 Å². The van der Waals surface area contributed by atoms with Gasteiger partial charge in [-0.1, -0.05) is 38.2 Å². The first-order valence-electron chi connectivity index (χ1n) is 8.51. The Morgan fingerprint density at radius 3 is 2.91 bits per heavy atom. The molecule has 2 heterocycles. The number of oxazole rings is 1. The minimum absolute atomic E-state index is 0.384. The molecule has 0 aliphatic heterocycles. The number of hydrogen-bond acceptors (Lipinski definition) is 5. The number of rotatable bonds is 7. The van der Waals surface area contributed by atoms with Gasteiger partial charge >= 0.3 is 0 Å². The lowest BCUT2D eigenvalue weighted by molar-refractivity contribution is 0.329. The molecule has 0 amide bonds. The van der Waals surface area contributed by atoms with E-state index in [4.69, 9.17) is 4.42 Å². The highest BCUT2D eigenvalue weighted by molar-refractivity contribution is 7.09. The van der Waals surface area contributed by atoms with Crippen LogP contribution in [0.3, 0.4) is 0 Å². The molecule has 1 aliphatic carbocycles. The zero-order chi connectivity index (χ0) is 15.9. The topological polar surface area (TPSA) is 61.9 Å². The van der Waals surface area contributed by atoms with Gasteiger partial charge in [0.15, 0.2) is 5.89 Å². The van der Waals surface area contributed by atoms with Gasteiger partial charge in [-0.15, -0.1) is 11.3 Å². The molecule has 122 valence electrons. The van der Waals surface area contributed by atoms with Crippen molar-refractivity contribution in [1.82, 2.24) is 4.98 Å². The summed E-state index contributed by atoms with van der Waals surface area (Å²) in [7, 11) is 0. The van der Waals surface area contributed by atoms with E-state index in [1.165, 1.54) is 37.0 Å². The third kappa shape index (κ3) is 4.59. The maximum absolute atomic E-state index is 9.22. The number of hydrogen-bond donors (Lipinski definition) is 1. The van der Waals surface area contributed by atoms with Crippen molar-refractivity contribution in [2.45, 2.75) is 51.4 Å². The highest BCUT2D eigenvalue weighted by atomic mass is 32.1. The Morgan fingerprint density at radius 2 is 2.17 bits per heavy atom. The maximum atomic E-state index is 9.22. The number of thiophene rings is 1. The average Bonchev–Trinajstić information content (AvgIpc) is 3.23. The summed E-state index contributed by atoms with van der Waals surface area (Å²) in [5.74, 6) is 2.03. The monoisotopic (exact) mass is 329 g/mol. The molecule has 0 bridgehead atoms. The van der Waals surface area contributed by atoms with Crippen molar-refractivity contribution < 1.29 is 4.42 Å². The third-order valence-corrected chi connectivity index (χ3v) is 5.44. The summed E-state index contributed by atoms with van der Waals surface area (Å²) >= 11 is 1.75. The second-order valence-corrected chi connectivity index (χ2v) is 7.23. The second-order valence-electron chi connectivity index (χ2n) is 6.20. The van der Waals surface area contributed by atoms with E-state index < -0.39 is 0 Å². The van der Waals surface area contributed by atoms with Gasteiger partial charge in [0.25, 0.3) is 0 Å². The normalized spacial score (nSPS) is 15.4. The first kappa shape index (κ1) is 16.1. The predicted molar refractivity (Wildman–Crippen MR) is 92.6 cm³/mol. The van der Waals surface area contributed by atoms with E-state index in [0.717, 1.165) is 31.7 Å². The minimum Gasteiger partial charge on any atom is -0.424 e. The number of nitriles is 1. The molecule has 23 heavy (non-hydrogen) atoms. The largest absolute Gasteiger partial charge is 0.424 e. The van der Waals surface area contributed by atoms with Crippen LogP contribution in [-0.2, 0) is 12.8 Å². The lowest BCUT2D eigenvalue weighted by Crippen LogP contribution is -2.07. The Balaban J connectivity index is 1.51. The van der Waals surface area contributed by atoms with Gasteiger partial charge in [-0.2, -0.15) is 5.26 Å². The van der Waals surface area contributed by atoms with E-state index in [2.05, 4.69) is 33.9 Å². The van der Waals surface area contributed by atoms with Gasteiger partial charge in [0.1, 0.15) is 6.07 Å². The van der Waals surface area contributed by atoms with Gasteiger partial charge in [-0.3, -0.25) is 0 Å². The molecule has 1 aliphatic rings. The standard InChI is InChI=1S/C18H23N3OS/c19-13-16-18(20-11-10-15-7-4-12-23-15)22-17(21-16)9-8-14-5-2-1-3-6-14/h4,7,12,14,20H,1-3,5-6,8-11H2. The highest BCUT2D eigenvalue weighted by Crippen LogP contribution is 2.28. The van der Waals surface area contributed by atoms with E-state index in [0.29, 0.717) is 17.5 Å². The van der Waals surface area contributed by atoms with Crippen molar-refractivity contribution in [3.8, 4) is 6.07 Å². The average molecular weight is 329 g/mol. The molecule has 0 spiro atoms. The molecule has 3 rings (SSSR count). The Kier molecular flexibility index (Phi) is 5.71. The number of nitrogens with one attached hydrogen (secondary N) is 1. The SMILES string of the molecule is N#Cc1nc(CCC2CCCCC2)oc1NCCc1cccs1. The van der Waals surface area contributed by atoms with Gasteiger partial charge in [-0.25, -0.2) is 4.98 Å². The Labute approximate surface area is 141 Å². The molecule has 1 fully saturated rings. The van der Waals surface area contributed by atoms with Crippen molar-refractivity contribution in [3.05, 3.63) is 34.0 Å². The Morgan fingerprint density at radius 1 is 1.30 bits per heavy atom. The first-order valence-corrected chi connectivity index (χ1v) is 9.39. The number of aryl methyl sites for hydroxylation is 1. The molecule has 0 unspecified atom stereocenters. The van der Waals surface area contributed by atoms with Gasteiger partial charge < -0.3 is 9.73 Å². The molecule has 5 heteroatoms. The first-order chi connectivity index (χ1) is 11.3. The van der Waals surface area contributed by atoms with Crippen molar-refractivity contribution in [2.24, 2.45) is 5.92 Å². The van der Waals surface area contributed by atoms with Crippen LogP contribution in [0.4, 0.5) is 5.88 Å². The van der Waals surface area contributed by atoms with Gasteiger partial charge in [0, 0.05) is 17.8 Å². The van der Waals surface area contributed by atoms with Crippen LogP contribution < -0.4 is 5.32 Å². The van der Waals surface area contributed by atoms with Crippen molar-refractivity contribution in [2.75, 3.05) is 11.9 Å². The van der Waals surface area contributed by atoms with E-state index in [9.17, 15) is 5.26 Å². The summed E-state index contributed by atoms with van der Waals surface area (Å²) in [4.78, 5) is 5.67. The Bertz CT molecular complexity index is 636. The van der Waals surface area contributed by atoms with E-state index in [1.54, 1.807) is 11.3 Å². The van der Waals surface area contributed by atoms with E-state index >= 15 is 0 Å². The van der Waals surface area contributed by atoms with Crippen LogP contribution in [0.1, 0.15) is 55.0 Å². The van der Waals surface area contributed by atoms with Crippen molar-refractivity contribution in [3.63, 3.8) is 0 Å². The third-order valence-electron chi connectivity index (χ3n) is 4.51. The van der Waals surface area contributed by atoms with Gasteiger partial charge in [-0.05, 0) is 30.2 Å². The molecule has 1 saturated carbocycles. The molecule has 2 aromatic heterocycles.